The van der Waals surface area contributed by atoms with Gasteiger partial charge >= 0.3 is 12.1 Å². The average Bonchev–Trinajstić information content (AvgIpc) is 3.46. The summed E-state index contributed by atoms with van der Waals surface area (Å²) in [5.41, 5.74) is -0.229. The maximum atomic E-state index is 14.4. The molecule has 1 aliphatic carbocycles. The summed E-state index contributed by atoms with van der Waals surface area (Å²) in [7, 11) is -2.56. The van der Waals surface area contributed by atoms with Crippen LogP contribution in [0, 0.1) is 21.2 Å². The Morgan fingerprint density at radius 1 is 1.05 bits per heavy atom. The van der Waals surface area contributed by atoms with Crippen LogP contribution in [0.1, 0.15) is 36.3 Å². The highest BCUT2D eigenvalue weighted by molar-refractivity contribution is 14.1. The number of carboxylic acids is 1. The van der Waals surface area contributed by atoms with Crippen molar-refractivity contribution >= 4 is 66.8 Å². The van der Waals surface area contributed by atoms with Gasteiger partial charge in [-0.25, -0.2) is 12.8 Å². The summed E-state index contributed by atoms with van der Waals surface area (Å²) in [4.78, 5) is 25.6. The van der Waals surface area contributed by atoms with E-state index >= 15 is 0 Å². The Hall–Kier alpha value is -3.66. The van der Waals surface area contributed by atoms with Crippen molar-refractivity contribution in [1.29, 1.82) is 0 Å². The first-order valence-electron chi connectivity index (χ1n) is 13.3. The summed E-state index contributed by atoms with van der Waals surface area (Å²) in [6.07, 6.45) is -2.22. The molecule has 0 aliphatic heterocycles. The minimum atomic E-state index is -4.77. The van der Waals surface area contributed by atoms with Crippen LogP contribution >= 0.6 is 22.6 Å². The molecule has 0 radical (unpaired) electrons. The molecule has 3 aromatic carbocycles. The fraction of sp³-hybridized carbons (Fsp3) is 0.267. The molecule has 232 valence electrons. The molecule has 1 saturated carbocycles. The topological polar surface area (TPSA) is 117 Å². The number of sulfonamides is 1. The number of amides is 1. The average molecular weight is 745 g/mol. The lowest BCUT2D eigenvalue weighted by Gasteiger charge is -2.35. The third-order valence-electron chi connectivity index (χ3n) is 7.90. The first-order chi connectivity index (χ1) is 20.7. The highest BCUT2D eigenvalue weighted by Gasteiger charge is 2.43. The normalized spacial score (nSPS) is 19.1. The molecule has 0 bridgehead atoms. The van der Waals surface area contributed by atoms with Crippen molar-refractivity contribution in [3.8, 4) is 0 Å². The number of hydrogen-bond acceptors (Lipinski definition) is 5. The van der Waals surface area contributed by atoms with Crippen molar-refractivity contribution < 1.29 is 45.1 Å². The Bertz CT molecular complexity index is 1840. The first-order valence-corrected chi connectivity index (χ1v) is 15.9. The predicted octanol–water partition coefficient (Wildman–Crippen LogP) is 7.24. The molecule has 0 spiro atoms. The summed E-state index contributed by atoms with van der Waals surface area (Å²) < 4.78 is 87.1. The second kappa shape index (κ2) is 12.0. The zero-order chi connectivity index (χ0) is 32.0. The van der Waals surface area contributed by atoms with Gasteiger partial charge in [0.05, 0.1) is 43.5 Å². The molecular formula is C30H25F4IN2O6S. The predicted molar refractivity (Wildman–Crippen MR) is 162 cm³/mol. The quantitative estimate of drug-likeness (QED) is 0.152. The molecule has 0 unspecified atom stereocenters. The van der Waals surface area contributed by atoms with E-state index in [2.05, 4.69) is 5.32 Å². The summed E-state index contributed by atoms with van der Waals surface area (Å²) in [6.45, 7) is 0. The SMILES string of the molecule is CN(c1ccc([C@H]2CCC[C@@H](C(=O)Nc3ccc(C(F)(F)F)cc3F)[C@@H]2C(=O)O)cc1)S(=O)(=O)c1cc(I)c2occc2c1. The lowest BCUT2D eigenvalue weighted by molar-refractivity contribution is -0.148. The van der Waals surface area contributed by atoms with Crippen molar-refractivity contribution in [2.45, 2.75) is 36.3 Å². The van der Waals surface area contributed by atoms with E-state index in [-0.39, 0.29) is 17.4 Å². The monoisotopic (exact) mass is 744 g/mol. The van der Waals surface area contributed by atoms with Gasteiger partial charge in [-0.2, -0.15) is 13.2 Å². The molecule has 4 aromatic rings. The summed E-state index contributed by atoms with van der Waals surface area (Å²) in [6, 6.07) is 12.7. The van der Waals surface area contributed by atoms with Crippen molar-refractivity contribution in [2.75, 3.05) is 16.7 Å². The molecule has 44 heavy (non-hydrogen) atoms. The van der Waals surface area contributed by atoms with E-state index in [1.54, 1.807) is 30.3 Å². The van der Waals surface area contributed by atoms with E-state index in [4.69, 9.17) is 4.42 Å². The Kier molecular flexibility index (Phi) is 8.68. The van der Waals surface area contributed by atoms with Gasteiger partial charge in [0.1, 0.15) is 11.4 Å². The minimum absolute atomic E-state index is 0.0685. The van der Waals surface area contributed by atoms with Gasteiger partial charge in [0.25, 0.3) is 10.0 Å². The lowest BCUT2D eigenvalue weighted by atomic mass is 9.69. The van der Waals surface area contributed by atoms with Crippen LogP contribution in [0.4, 0.5) is 28.9 Å². The Morgan fingerprint density at radius 3 is 2.39 bits per heavy atom. The smallest absolute Gasteiger partial charge is 0.416 e. The van der Waals surface area contributed by atoms with Gasteiger partial charge in [-0.15, -0.1) is 0 Å². The van der Waals surface area contributed by atoms with E-state index in [0.717, 1.165) is 10.4 Å². The number of carbonyl (C=O) groups excluding carboxylic acids is 1. The van der Waals surface area contributed by atoms with Gasteiger partial charge in [0.15, 0.2) is 0 Å². The molecule has 14 heteroatoms. The molecule has 1 aliphatic rings. The number of furan rings is 1. The number of nitrogens with zero attached hydrogens (tertiary/aromatic N) is 1. The molecule has 2 N–H and O–H groups in total. The number of fused-ring (bicyclic) bond motifs is 1. The minimum Gasteiger partial charge on any atom is -0.481 e. The van der Waals surface area contributed by atoms with Crippen LogP contribution < -0.4 is 9.62 Å². The maximum absolute atomic E-state index is 14.4. The summed E-state index contributed by atoms with van der Waals surface area (Å²) in [5, 5.41) is 13.0. The largest absolute Gasteiger partial charge is 0.481 e. The van der Waals surface area contributed by atoms with Crippen LogP contribution in [0.3, 0.4) is 0 Å². The number of carboxylic acid groups (broad SMARTS) is 1. The molecular weight excluding hydrogens is 719 g/mol. The highest BCUT2D eigenvalue weighted by atomic mass is 127. The summed E-state index contributed by atoms with van der Waals surface area (Å²) in [5.74, 6) is -6.28. The third-order valence-corrected chi connectivity index (χ3v) is 10.5. The molecule has 5 rings (SSSR count). The number of benzene rings is 3. The molecule has 1 heterocycles. The van der Waals surface area contributed by atoms with Gasteiger partial charge in [-0.05, 0) is 95.4 Å². The van der Waals surface area contributed by atoms with E-state index in [9.17, 15) is 40.7 Å². The van der Waals surface area contributed by atoms with Crippen LogP contribution in [0.5, 0.6) is 0 Å². The van der Waals surface area contributed by atoms with Crippen molar-refractivity contribution in [3.63, 3.8) is 0 Å². The fourth-order valence-corrected chi connectivity index (χ4v) is 7.86. The first kappa shape index (κ1) is 31.8. The van der Waals surface area contributed by atoms with E-state index in [1.165, 1.54) is 25.4 Å². The maximum Gasteiger partial charge on any atom is 0.416 e. The third kappa shape index (κ3) is 6.14. The number of hydrogen-bond donors (Lipinski definition) is 2. The van der Waals surface area contributed by atoms with E-state index in [1.807, 2.05) is 22.6 Å². The number of aliphatic carboxylic acids is 1. The van der Waals surface area contributed by atoms with Crippen LogP contribution in [-0.4, -0.2) is 32.4 Å². The van der Waals surface area contributed by atoms with E-state index in [0.29, 0.717) is 44.7 Å². The number of anilines is 2. The zero-order valence-corrected chi connectivity index (χ0v) is 25.9. The highest BCUT2D eigenvalue weighted by Crippen LogP contribution is 2.43. The number of halogens is 5. The second-order valence-corrected chi connectivity index (χ2v) is 13.6. The Morgan fingerprint density at radius 2 is 1.75 bits per heavy atom. The zero-order valence-electron chi connectivity index (χ0n) is 22.9. The van der Waals surface area contributed by atoms with Crippen molar-refractivity contribution in [3.05, 3.63) is 87.4 Å². The van der Waals surface area contributed by atoms with Crippen LogP contribution in [0.15, 0.2) is 76.2 Å². The lowest BCUT2D eigenvalue weighted by Crippen LogP contribution is -2.40. The van der Waals surface area contributed by atoms with Gasteiger partial charge in [0.2, 0.25) is 5.91 Å². The van der Waals surface area contributed by atoms with Crippen LogP contribution in [0.25, 0.3) is 11.0 Å². The van der Waals surface area contributed by atoms with Crippen molar-refractivity contribution in [2.24, 2.45) is 11.8 Å². The van der Waals surface area contributed by atoms with Crippen LogP contribution in [-0.2, 0) is 25.8 Å². The Balaban J connectivity index is 1.36. The molecule has 1 amide bonds. The molecule has 8 nitrogen and oxygen atoms in total. The molecule has 1 aromatic heterocycles. The number of rotatable bonds is 7. The van der Waals surface area contributed by atoms with Gasteiger partial charge in [-0.1, -0.05) is 18.6 Å². The van der Waals surface area contributed by atoms with Gasteiger partial charge < -0.3 is 14.8 Å². The Labute approximate surface area is 263 Å². The summed E-state index contributed by atoms with van der Waals surface area (Å²) >= 11 is 2.00. The van der Waals surface area contributed by atoms with E-state index < -0.39 is 62.9 Å². The number of nitrogens with one attached hydrogen (secondary N) is 1. The van der Waals surface area contributed by atoms with Crippen molar-refractivity contribution in [1.82, 2.24) is 0 Å². The molecule has 3 atom stereocenters. The molecule has 0 saturated heterocycles. The second-order valence-electron chi connectivity index (χ2n) is 10.5. The number of alkyl halides is 3. The number of carbonyl (C=O) groups is 2. The molecule has 1 fully saturated rings. The van der Waals surface area contributed by atoms with Gasteiger partial charge in [0, 0.05) is 12.4 Å². The van der Waals surface area contributed by atoms with Gasteiger partial charge in [-0.3, -0.25) is 13.9 Å². The fourth-order valence-electron chi connectivity index (χ4n) is 5.62. The standard InChI is InChI=1S/C30H25F4IN2O6S/c1-37(44(41,42)20-13-17-11-12-43-27(17)24(35)15-20)19-8-5-16(6-9-19)21-3-2-4-22(26(21)29(39)40)28(38)36-25-10-7-18(14-23(25)31)30(32,33)34/h5-15,21-22,26H,2-4H2,1H3,(H,36,38)(H,39,40)/t21-,22-,26-/m1/s1. The van der Waals surface area contributed by atoms with Crippen LogP contribution in [0.2, 0.25) is 0 Å².